The second kappa shape index (κ2) is 10.5. The summed E-state index contributed by atoms with van der Waals surface area (Å²) in [5, 5.41) is 0. The second-order valence-corrected chi connectivity index (χ2v) is 8.45. The first-order valence-electron chi connectivity index (χ1n) is 11.1. The standard InChI is InChI=1S/C26H34O3/c1-4-5-6-7-20-8-17-25(19(2)18-20)21-9-11-22(12-10-21)26(27)29-24-15-13-23(28-3)14-16-24/h9-16,19-20,25H,4-8,17-18H2,1-3H3. The number of rotatable bonds is 8. The summed E-state index contributed by atoms with van der Waals surface area (Å²) in [5.41, 5.74) is 1.94. The van der Waals surface area contributed by atoms with Gasteiger partial charge in [-0.15, -0.1) is 0 Å². The van der Waals surface area contributed by atoms with E-state index in [4.69, 9.17) is 9.47 Å². The summed E-state index contributed by atoms with van der Waals surface area (Å²) in [4.78, 5) is 12.4. The van der Waals surface area contributed by atoms with Gasteiger partial charge in [-0.2, -0.15) is 0 Å². The average Bonchev–Trinajstić information content (AvgIpc) is 2.75. The summed E-state index contributed by atoms with van der Waals surface area (Å²) in [6.45, 7) is 4.67. The van der Waals surface area contributed by atoms with Crippen LogP contribution < -0.4 is 9.47 Å². The molecule has 3 unspecified atom stereocenters. The number of ether oxygens (including phenoxy) is 2. The molecule has 0 bridgehead atoms. The Morgan fingerprint density at radius 3 is 2.28 bits per heavy atom. The Morgan fingerprint density at radius 2 is 1.66 bits per heavy atom. The minimum absolute atomic E-state index is 0.325. The van der Waals surface area contributed by atoms with Crippen molar-refractivity contribution in [3.05, 3.63) is 59.7 Å². The number of hydrogen-bond donors (Lipinski definition) is 0. The third kappa shape index (κ3) is 5.85. The van der Waals surface area contributed by atoms with Crippen molar-refractivity contribution < 1.29 is 14.3 Å². The van der Waals surface area contributed by atoms with Crippen LogP contribution in [0.3, 0.4) is 0 Å². The molecule has 29 heavy (non-hydrogen) atoms. The highest BCUT2D eigenvalue weighted by molar-refractivity contribution is 5.91. The average molecular weight is 395 g/mol. The maximum absolute atomic E-state index is 12.4. The maximum Gasteiger partial charge on any atom is 0.343 e. The predicted octanol–water partition coefficient (Wildman–Crippen LogP) is 7.01. The fourth-order valence-electron chi connectivity index (χ4n) is 4.62. The van der Waals surface area contributed by atoms with E-state index in [0.29, 0.717) is 23.1 Å². The van der Waals surface area contributed by atoms with Gasteiger partial charge < -0.3 is 9.47 Å². The highest BCUT2D eigenvalue weighted by Gasteiger charge is 2.28. The summed E-state index contributed by atoms with van der Waals surface area (Å²) in [6.07, 6.45) is 9.36. The largest absolute Gasteiger partial charge is 0.497 e. The number of unbranched alkanes of at least 4 members (excludes halogenated alkanes) is 2. The first-order chi connectivity index (χ1) is 14.1. The molecular formula is C26H34O3. The molecule has 1 aliphatic rings. The smallest absolute Gasteiger partial charge is 0.343 e. The van der Waals surface area contributed by atoms with Crippen LogP contribution in [0.15, 0.2) is 48.5 Å². The van der Waals surface area contributed by atoms with Crippen LogP contribution in [0.25, 0.3) is 0 Å². The van der Waals surface area contributed by atoms with Crippen LogP contribution in [-0.2, 0) is 0 Å². The lowest BCUT2D eigenvalue weighted by molar-refractivity contribution is 0.0734. The highest BCUT2D eigenvalue weighted by atomic mass is 16.5. The molecule has 2 aromatic rings. The summed E-state index contributed by atoms with van der Waals surface area (Å²) in [7, 11) is 1.61. The van der Waals surface area contributed by atoms with Crippen molar-refractivity contribution in [1.29, 1.82) is 0 Å². The van der Waals surface area contributed by atoms with Gasteiger partial charge in [0.25, 0.3) is 0 Å². The molecule has 1 saturated carbocycles. The monoisotopic (exact) mass is 394 g/mol. The van der Waals surface area contributed by atoms with Gasteiger partial charge in [-0.25, -0.2) is 4.79 Å². The van der Waals surface area contributed by atoms with Crippen LogP contribution in [0.4, 0.5) is 0 Å². The molecule has 0 aromatic heterocycles. The van der Waals surface area contributed by atoms with Gasteiger partial charge in [0.05, 0.1) is 12.7 Å². The molecule has 3 nitrogen and oxygen atoms in total. The molecule has 0 aliphatic heterocycles. The zero-order valence-corrected chi connectivity index (χ0v) is 18.0. The maximum atomic E-state index is 12.4. The van der Waals surface area contributed by atoms with Gasteiger partial charge in [-0.1, -0.05) is 51.7 Å². The summed E-state index contributed by atoms with van der Waals surface area (Å²) in [5.74, 6) is 3.13. The van der Waals surface area contributed by atoms with E-state index < -0.39 is 0 Å². The normalized spacial score (nSPS) is 21.6. The van der Waals surface area contributed by atoms with E-state index in [1.807, 2.05) is 12.1 Å². The Bertz CT molecular complexity index is 764. The molecule has 1 aliphatic carbocycles. The van der Waals surface area contributed by atoms with E-state index in [1.165, 1.54) is 50.5 Å². The molecule has 0 spiro atoms. The van der Waals surface area contributed by atoms with Gasteiger partial charge in [0.15, 0.2) is 0 Å². The zero-order valence-electron chi connectivity index (χ0n) is 18.0. The molecule has 156 valence electrons. The first-order valence-corrected chi connectivity index (χ1v) is 11.1. The quantitative estimate of drug-likeness (QED) is 0.274. The van der Waals surface area contributed by atoms with Gasteiger partial charge in [-0.05, 0) is 79.0 Å². The van der Waals surface area contributed by atoms with E-state index in [0.717, 1.165) is 11.7 Å². The van der Waals surface area contributed by atoms with Crippen LogP contribution >= 0.6 is 0 Å². The SMILES string of the molecule is CCCCCC1CCC(c2ccc(C(=O)Oc3ccc(OC)cc3)cc2)C(C)C1. The number of benzene rings is 2. The van der Waals surface area contributed by atoms with E-state index in [9.17, 15) is 4.79 Å². The van der Waals surface area contributed by atoms with Crippen molar-refractivity contribution in [3.63, 3.8) is 0 Å². The minimum Gasteiger partial charge on any atom is -0.497 e. The van der Waals surface area contributed by atoms with Gasteiger partial charge in [0.2, 0.25) is 0 Å². The van der Waals surface area contributed by atoms with Gasteiger partial charge in [-0.3, -0.25) is 0 Å². The van der Waals surface area contributed by atoms with Crippen LogP contribution in [0.1, 0.15) is 80.6 Å². The molecule has 0 heterocycles. The Morgan fingerprint density at radius 1 is 0.966 bits per heavy atom. The van der Waals surface area contributed by atoms with Crippen molar-refractivity contribution in [2.75, 3.05) is 7.11 Å². The predicted molar refractivity (Wildman–Crippen MR) is 118 cm³/mol. The second-order valence-electron chi connectivity index (χ2n) is 8.45. The fraction of sp³-hybridized carbons (Fsp3) is 0.500. The van der Waals surface area contributed by atoms with E-state index in [1.54, 1.807) is 31.4 Å². The van der Waals surface area contributed by atoms with Crippen molar-refractivity contribution >= 4 is 5.97 Å². The number of carbonyl (C=O) groups is 1. The lowest BCUT2D eigenvalue weighted by atomic mass is 9.71. The molecule has 0 N–H and O–H groups in total. The van der Waals surface area contributed by atoms with E-state index >= 15 is 0 Å². The van der Waals surface area contributed by atoms with Crippen molar-refractivity contribution in [3.8, 4) is 11.5 Å². The molecule has 3 atom stereocenters. The van der Waals surface area contributed by atoms with Crippen molar-refractivity contribution in [2.45, 2.75) is 64.7 Å². The highest BCUT2D eigenvalue weighted by Crippen LogP contribution is 2.41. The van der Waals surface area contributed by atoms with Crippen molar-refractivity contribution in [1.82, 2.24) is 0 Å². The number of esters is 1. The number of hydrogen-bond acceptors (Lipinski definition) is 3. The molecule has 0 radical (unpaired) electrons. The lowest BCUT2D eigenvalue weighted by Crippen LogP contribution is -2.21. The van der Waals surface area contributed by atoms with Crippen LogP contribution in [0.2, 0.25) is 0 Å². The molecule has 1 fully saturated rings. The summed E-state index contributed by atoms with van der Waals surface area (Å²) >= 11 is 0. The molecule has 0 amide bonds. The molecule has 3 heteroatoms. The van der Waals surface area contributed by atoms with Gasteiger partial charge >= 0.3 is 5.97 Å². The topological polar surface area (TPSA) is 35.5 Å². The molecule has 3 rings (SSSR count). The fourth-order valence-corrected chi connectivity index (χ4v) is 4.62. The third-order valence-corrected chi connectivity index (χ3v) is 6.34. The van der Waals surface area contributed by atoms with Crippen LogP contribution in [0.5, 0.6) is 11.5 Å². The Labute approximate surface area is 175 Å². The molecule has 0 saturated heterocycles. The molecule has 2 aromatic carbocycles. The first kappa shape index (κ1) is 21.4. The Hall–Kier alpha value is -2.29. The minimum atomic E-state index is -0.325. The Balaban J connectivity index is 1.56. The molecular weight excluding hydrogens is 360 g/mol. The zero-order chi connectivity index (χ0) is 20.6. The number of carbonyl (C=O) groups excluding carboxylic acids is 1. The lowest BCUT2D eigenvalue weighted by Gasteiger charge is -2.34. The van der Waals surface area contributed by atoms with Gasteiger partial charge in [0.1, 0.15) is 11.5 Å². The third-order valence-electron chi connectivity index (χ3n) is 6.34. The summed E-state index contributed by atoms with van der Waals surface area (Å²) < 4.78 is 10.6. The van der Waals surface area contributed by atoms with Crippen LogP contribution in [0, 0.1) is 11.8 Å². The number of methoxy groups -OCH3 is 1. The van der Waals surface area contributed by atoms with E-state index in [2.05, 4.69) is 26.0 Å². The van der Waals surface area contributed by atoms with Gasteiger partial charge in [0, 0.05) is 0 Å². The van der Waals surface area contributed by atoms with E-state index in [-0.39, 0.29) is 5.97 Å². The van der Waals surface area contributed by atoms with Crippen LogP contribution in [-0.4, -0.2) is 13.1 Å². The summed E-state index contributed by atoms with van der Waals surface area (Å²) in [6, 6.07) is 15.1. The Kier molecular flexibility index (Phi) is 7.74. The van der Waals surface area contributed by atoms with Crippen molar-refractivity contribution in [2.24, 2.45) is 11.8 Å².